The molecular weight excluding hydrogens is 468 g/mol. The topological polar surface area (TPSA) is 25.8 Å². The van der Waals surface area contributed by atoms with Crippen LogP contribution in [0.3, 0.4) is 0 Å². The Hall–Kier alpha value is -3.05. The molecule has 0 saturated carbocycles. The van der Waals surface area contributed by atoms with E-state index >= 15 is 4.39 Å². The fourth-order valence-electron chi connectivity index (χ4n) is 4.59. The second-order valence-corrected chi connectivity index (χ2v) is 20.6. The zero-order valence-corrected chi connectivity index (χ0v) is 21.8. The second kappa shape index (κ2) is 8.07. The average molecular weight is 495 g/mol. The monoisotopic (exact) mass is 496 g/mol. The number of nitrogens with zero attached hydrogens (tertiary/aromatic N) is 2. The van der Waals surface area contributed by atoms with E-state index in [0.29, 0.717) is 11.1 Å². The zero-order valence-electron chi connectivity index (χ0n) is 19.7. The SMILES string of the molecule is Cc1cc(C)cc(-c2nccc3c2cnc2c(F)c(-c4cc[c]([Ge]([CH3])([CH3])[CH3])cc4)ccc23)c1. The number of pyridine rings is 2. The Bertz CT molecular complexity index is 1500. The average Bonchev–Trinajstić information content (AvgIpc) is 2.77. The minimum atomic E-state index is -1.91. The number of hydrogen-bond donors (Lipinski definition) is 0. The van der Waals surface area contributed by atoms with Crippen molar-refractivity contribution in [3.63, 3.8) is 0 Å². The summed E-state index contributed by atoms with van der Waals surface area (Å²) in [4.78, 5) is 9.23. The number of rotatable bonds is 3. The van der Waals surface area contributed by atoms with Gasteiger partial charge in [0.25, 0.3) is 0 Å². The number of aryl methyl sites for hydroxylation is 2. The molecule has 0 N–H and O–H groups in total. The van der Waals surface area contributed by atoms with E-state index < -0.39 is 13.3 Å². The standard InChI is InChI=1S/C29H27FGeN2/c1-18-14-19(2)16-21(15-18)28-26-17-33-29-25(24(26)12-13-32-28)11-10-23(27(29)30)20-6-8-22(9-7-20)31(3,4)5/h6-17H,1-5H3. The first-order chi connectivity index (χ1) is 15.7. The molecule has 0 aliphatic heterocycles. The van der Waals surface area contributed by atoms with Crippen LogP contribution in [0.1, 0.15) is 11.1 Å². The van der Waals surface area contributed by atoms with E-state index in [1.54, 1.807) is 12.4 Å². The van der Waals surface area contributed by atoms with Gasteiger partial charge < -0.3 is 0 Å². The van der Waals surface area contributed by atoms with E-state index in [4.69, 9.17) is 0 Å². The van der Waals surface area contributed by atoms with Crippen LogP contribution in [-0.4, -0.2) is 23.2 Å². The second-order valence-electron chi connectivity index (χ2n) is 9.91. The van der Waals surface area contributed by atoms with Crippen molar-refractivity contribution in [2.45, 2.75) is 31.1 Å². The van der Waals surface area contributed by atoms with E-state index in [9.17, 15) is 0 Å². The Labute approximate surface area is 196 Å². The van der Waals surface area contributed by atoms with Gasteiger partial charge in [-0.3, -0.25) is 0 Å². The van der Waals surface area contributed by atoms with Gasteiger partial charge in [-0.25, -0.2) is 0 Å². The number of halogens is 1. The molecule has 2 heterocycles. The molecule has 4 heteroatoms. The third-order valence-electron chi connectivity index (χ3n) is 6.28. The summed E-state index contributed by atoms with van der Waals surface area (Å²) >= 11 is -1.91. The molecule has 0 spiro atoms. The molecule has 0 fully saturated rings. The van der Waals surface area contributed by atoms with Crippen LogP contribution in [0, 0.1) is 19.7 Å². The van der Waals surface area contributed by atoms with Crippen molar-refractivity contribution in [3.05, 3.63) is 90.0 Å². The van der Waals surface area contributed by atoms with Crippen molar-refractivity contribution < 1.29 is 4.39 Å². The fraction of sp³-hybridized carbons (Fsp3) is 0.172. The molecule has 2 aromatic heterocycles. The van der Waals surface area contributed by atoms with Gasteiger partial charge >= 0.3 is 154 Å². The minimum absolute atomic E-state index is 0.274. The van der Waals surface area contributed by atoms with Crippen molar-refractivity contribution in [3.8, 4) is 22.4 Å². The van der Waals surface area contributed by atoms with Gasteiger partial charge in [0.05, 0.1) is 0 Å². The van der Waals surface area contributed by atoms with Crippen molar-refractivity contribution in [2.75, 3.05) is 0 Å². The van der Waals surface area contributed by atoms with Crippen LogP contribution < -0.4 is 4.40 Å². The van der Waals surface area contributed by atoms with Crippen LogP contribution in [0.4, 0.5) is 4.39 Å². The van der Waals surface area contributed by atoms with Gasteiger partial charge in [-0.15, -0.1) is 0 Å². The summed E-state index contributed by atoms with van der Waals surface area (Å²) in [5.41, 5.74) is 6.18. The van der Waals surface area contributed by atoms with Crippen LogP contribution >= 0.6 is 0 Å². The van der Waals surface area contributed by atoms with Crippen LogP contribution in [0.5, 0.6) is 0 Å². The number of hydrogen-bond acceptors (Lipinski definition) is 2. The summed E-state index contributed by atoms with van der Waals surface area (Å²) in [6.07, 6.45) is 3.57. The van der Waals surface area contributed by atoms with Gasteiger partial charge in [-0.2, -0.15) is 0 Å². The van der Waals surface area contributed by atoms with E-state index in [1.165, 1.54) is 15.5 Å². The number of aromatic nitrogens is 2. The normalized spacial score (nSPS) is 11.9. The molecule has 0 saturated heterocycles. The van der Waals surface area contributed by atoms with E-state index in [-0.39, 0.29) is 5.82 Å². The van der Waals surface area contributed by atoms with Gasteiger partial charge in [0.1, 0.15) is 0 Å². The summed E-state index contributed by atoms with van der Waals surface area (Å²) in [6.45, 7) is 4.17. The van der Waals surface area contributed by atoms with Crippen molar-refractivity contribution in [2.24, 2.45) is 0 Å². The third kappa shape index (κ3) is 3.95. The first-order valence-corrected chi connectivity index (χ1v) is 18.6. The number of benzene rings is 3. The Kier molecular flexibility index (Phi) is 5.32. The molecule has 2 nitrogen and oxygen atoms in total. The summed E-state index contributed by atoms with van der Waals surface area (Å²) in [7, 11) is 0. The van der Waals surface area contributed by atoms with E-state index in [2.05, 4.69) is 71.4 Å². The van der Waals surface area contributed by atoms with Crippen LogP contribution in [-0.2, 0) is 0 Å². The predicted molar refractivity (Wildman–Crippen MR) is 140 cm³/mol. The molecule has 0 bridgehead atoms. The molecule has 5 aromatic rings. The molecule has 3 aromatic carbocycles. The Balaban J connectivity index is 1.67. The molecule has 164 valence electrons. The Morgan fingerprint density at radius 3 is 2.06 bits per heavy atom. The largest absolute Gasteiger partial charge is 0.0498 e. The maximum Gasteiger partial charge on any atom is -0.0498 e. The van der Waals surface area contributed by atoms with Crippen molar-refractivity contribution in [1.29, 1.82) is 0 Å². The van der Waals surface area contributed by atoms with Gasteiger partial charge in [-0.1, -0.05) is 17.2 Å². The molecule has 0 atom stereocenters. The maximum absolute atomic E-state index is 15.7. The summed E-state index contributed by atoms with van der Waals surface area (Å²) < 4.78 is 17.1. The van der Waals surface area contributed by atoms with Gasteiger partial charge in [0.2, 0.25) is 0 Å². The van der Waals surface area contributed by atoms with Crippen molar-refractivity contribution in [1.82, 2.24) is 9.97 Å². The fourth-order valence-corrected chi connectivity index (χ4v) is 7.04. The van der Waals surface area contributed by atoms with E-state index in [0.717, 1.165) is 33.0 Å². The maximum atomic E-state index is 15.7. The molecular formula is C29H27FGeN2. The van der Waals surface area contributed by atoms with Gasteiger partial charge in [0.15, 0.2) is 0 Å². The Morgan fingerprint density at radius 1 is 0.697 bits per heavy atom. The van der Waals surface area contributed by atoms with Gasteiger partial charge in [-0.05, 0) is 26.0 Å². The molecule has 0 amide bonds. The molecule has 0 aliphatic carbocycles. The first kappa shape index (κ1) is 21.8. The minimum Gasteiger partial charge on any atom is -0.0498 e. The summed E-state index contributed by atoms with van der Waals surface area (Å²) in [5.74, 6) is 6.81. The van der Waals surface area contributed by atoms with Crippen LogP contribution in [0.15, 0.2) is 73.1 Å². The molecule has 0 radical (unpaired) electrons. The van der Waals surface area contributed by atoms with Crippen LogP contribution in [0.2, 0.25) is 17.3 Å². The molecule has 0 unspecified atom stereocenters. The van der Waals surface area contributed by atoms with Crippen molar-refractivity contribution >= 4 is 39.3 Å². The van der Waals surface area contributed by atoms with E-state index in [1.807, 2.05) is 30.3 Å². The molecule has 33 heavy (non-hydrogen) atoms. The Morgan fingerprint density at radius 2 is 1.39 bits per heavy atom. The summed E-state index contributed by atoms with van der Waals surface area (Å²) in [5, 5.41) is 2.71. The zero-order chi connectivity index (χ0) is 23.3. The summed E-state index contributed by atoms with van der Waals surface area (Å²) in [6, 6.07) is 20.6. The quantitative estimate of drug-likeness (QED) is 0.192. The smallest absolute Gasteiger partial charge is 0.0498 e. The molecule has 5 rings (SSSR count). The first-order valence-electron chi connectivity index (χ1n) is 11.3. The molecule has 0 aliphatic rings. The predicted octanol–water partition coefficient (Wildman–Crippen LogP) is 7.42. The van der Waals surface area contributed by atoms with Gasteiger partial charge in [0, 0.05) is 0 Å². The number of fused-ring (bicyclic) bond motifs is 3. The van der Waals surface area contributed by atoms with Crippen LogP contribution in [0.25, 0.3) is 44.1 Å². The third-order valence-corrected chi connectivity index (χ3v) is 10.6.